The first-order chi connectivity index (χ1) is 12.2. The predicted molar refractivity (Wildman–Crippen MR) is 97.0 cm³/mol. The second-order valence-electron chi connectivity index (χ2n) is 5.60. The third kappa shape index (κ3) is 5.02. The minimum atomic E-state index is -0.359. The average Bonchev–Trinajstić information content (AvgIpc) is 2.63. The summed E-state index contributed by atoms with van der Waals surface area (Å²) in [7, 11) is 0. The molecule has 0 radical (unpaired) electrons. The van der Waals surface area contributed by atoms with E-state index in [9.17, 15) is 4.39 Å². The molecular formula is C20H18ClFN2O. The van der Waals surface area contributed by atoms with Gasteiger partial charge in [-0.3, -0.25) is 4.98 Å². The molecule has 128 valence electrons. The van der Waals surface area contributed by atoms with Crippen LogP contribution in [0, 0.1) is 5.82 Å². The monoisotopic (exact) mass is 356 g/mol. The molecule has 0 aliphatic rings. The smallest absolute Gasteiger partial charge is 0.131 e. The van der Waals surface area contributed by atoms with Gasteiger partial charge in [0.25, 0.3) is 0 Å². The second-order valence-corrected chi connectivity index (χ2v) is 6.01. The summed E-state index contributed by atoms with van der Waals surface area (Å²) in [5, 5.41) is 3.73. The Kier molecular flexibility index (Phi) is 5.99. The van der Waals surface area contributed by atoms with Crippen molar-refractivity contribution in [1.29, 1.82) is 0 Å². The normalized spacial score (nSPS) is 10.6. The van der Waals surface area contributed by atoms with Gasteiger partial charge in [0.2, 0.25) is 0 Å². The van der Waals surface area contributed by atoms with Gasteiger partial charge in [0.05, 0.1) is 5.02 Å². The van der Waals surface area contributed by atoms with Crippen molar-refractivity contribution in [2.45, 2.75) is 19.7 Å². The van der Waals surface area contributed by atoms with Crippen LogP contribution in [0.15, 0.2) is 67.0 Å². The van der Waals surface area contributed by atoms with E-state index in [2.05, 4.69) is 10.3 Å². The van der Waals surface area contributed by atoms with Crippen molar-refractivity contribution in [3.8, 4) is 5.75 Å². The molecule has 1 aromatic heterocycles. The van der Waals surface area contributed by atoms with E-state index < -0.39 is 0 Å². The summed E-state index contributed by atoms with van der Waals surface area (Å²) in [5.41, 5.74) is 2.58. The number of halogens is 2. The molecule has 3 aromatic rings. The van der Waals surface area contributed by atoms with Crippen molar-refractivity contribution in [2.75, 3.05) is 0 Å². The van der Waals surface area contributed by atoms with E-state index in [1.54, 1.807) is 18.3 Å². The molecule has 2 aromatic carbocycles. The number of ether oxygens (including phenoxy) is 1. The predicted octanol–water partition coefficient (Wildman–Crippen LogP) is 4.74. The molecule has 0 fully saturated rings. The van der Waals surface area contributed by atoms with Gasteiger partial charge in [-0.25, -0.2) is 4.39 Å². The van der Waals surface area contributed by atoms with Crippen LogP contribution in [0.5, 0.6) is 5.75 Å². The Morgan fingerprint density at radius 3 is 2.60 bits per heavy atom. The molecule has 0 aliphatic heterocycles. The van der Waals surface area contributed by atoms with Gasteiger partial charge >= 0.3 is 0 Å². The molecule has 0 aliphatic carbocycles. The molecule has 1 heterocycles. The van der Waals surface area contributed by atoms with E-state index in [4.69, 9.17) is 16.3 Å². The fourth-order valence-electron chi connectivity index (χ4n) is 2.42. The highest BCUT2D eigenvalue weighted by Crippen LogP contribution is 2.22. The van der Waals surface area contributed by atoms with Crippen molar-refractivity contribution in [2.24, 2.45) is 0 Å². The van der Waals surface area contributed by atoms with E-state index in [1.807, 2.05) is 42.6 Å². The molecule has 5 heteroatoms. The van der Waals surface area contributed by atoms with Gasteiger partial charge in [0, 0.05) is 31.0 Å². The van der Waals surface area contributed by atoms with E-state index >= 15 is 0 Å². The van der Waals surface area contributed by atoms with Crippen molar-refractivity contribution in [3.63, 3.8) is 0 Å². The van der Waals surface area contributed by atoms with Gasteiger partial charge in [-0.05, 0) is 41.5 Å². The minimum Gasteiger partial charge on any atom is -0.489 e. The van der Waals surface area contributed by atoms with Crippen LogP contribution in [0.2, 0.25) is 5.02 Å². The Morgan fingerprint density at radius 2 is 1.80 bits per heavy atom. The van der Waals surface area contributed by atoms with Gasteiger partial charge in [-0.1, -0.05) is 35.9 Å². The molecule has 0 bridgehead atoms. The topological polar surface area (TPSA) is 34.1 Å². The van der Waals surface area contributed by atoms with Crippen molar-refractivity contribution >= 4 is 11.6 Å². The fourth-order valence-corrected chi connectivity index (χ4v) is 2.64. The Bertz CT molecular complexity index is 807. The Balaban J connectivity index is 1.56. The van der Waals surface area contributed by atoms with E-state index in [0.29, 0.717) is 22.9 Å². The molecule has 0 unspecified atom stereocenters. The van der Waals surface area contributed by atoms with Crippen LogP contribution in [0.1, 0.15) is 16.7 Å². The zero-order chi connectivity index (χ0) is 17.5. The third-order valence-electron chi connectivity index (χ3n) is 3.72. The first-order valence-corrected chi connectivity index (χ1v) is 8.34. The SMILES string of the molecule is Fc1cccc(Cl)c1COc1cccc(CNCc2cccnc2)c1. The van der Waals surface area contributed by atoms with Crippen LogP contribution in [-0.4, -0.2) is 4.98 Å². The molecule has 3 nitrogen and oxygen atoms in total. The number of nitrogens with one attached hydrogen (secondary N) is 1. The maximum atomic E-state index is 13.8. The standard InChI is InChI=1S/C20H18ClFN2O/c21-19-7-2-8-20(22)18(19)14-25-17-6-1-4-15(10-17)11-24-13-16-5-3-9-23-12-16/h1-10,12,24H,11,13-14H2. The van der Waals surface area contributed by atoms with Crippen LogP contribution in [0.4, 0.5) is 4.39 Å². The summed E-state index contributed by atoms with van der Waals surface area (Å²) in [6, 6.07) is 16.3. The number of hydrogen-bond donors (Lipinski definition) is 1. The largest absolute Gasteiger partial charge is 0.489 e. The summed E-state index contributed by atoms with van der Waals surface area (Å²) >= 11 is 6.02. The van der Waals surface area contributed by atoms with Crippen molar-refractivity contribution < 1.29 is 9.13 Å². The quantitative estimate of drug-likeness (QED) is 0.663. The van der Waals surface area contributed by atoms with Gasteiger partial charge in [0.15, 0.2) is 0 Å². The fraction of sp³-hybridized carbons (Fsp3) is 0.150. The summed E-state index contributed by atoms with van der Waals surface area (Å²) in [6.07, 6.45) is 3.59. The Morgan fingerprint density at radius 1 is 1.00 bits per heavy atom. The number of aromatic nitrogens is 1. The molecule has 1 N–H and O–H groups in total. The maximum absolute atomic E-state index is 13.8. The highest BCUT2D eigenvalue weighted by Gasteiger charge is 2.07. The minimum absolute atomic E-state index is 0.0953. The van der Waals surface area contributed by atoms with Crippen LogP contribution >= 0.6 is 11.6 Å². The summed E-state index contributed by atoms with van der Waals surface area (Å²) in [4.78, 5) is 4.09. The maximum Gasteiger partial charge on any atom is 0.131 e. The number of pyridine rings is 1. The van der Waals surface area contributed by atoms with Crippen molar-refractivity contribution in [3.05, 3.63) is 94.5 Å². The lowest BCUT2D eigenvalue weighted by atomic mass is 10.2. The van der Waals surface area contributed by atoms with Crippen LogP contribution in [0.3, 0.4) is 0 Å². The highest BCUT2D eigenvalue weighted by atomic mass is 35.5. The molecule has 0 saturated heterocycles. The third-order valence-corrected chi connectivity index (χ3v) is 4.08. The Labute approximate surface area is 151 Å². The lowest BCUT2D eigenvalue weighted by Gasteiger charge is -2.10. The Hall–Kier alpha value is -2.43. The highest BCUT2D eigenvalue weighted by molar-refractivity contribution is 6.31. The van der Waals surface area contributed by atoms with Crippen LogP contribution in [0.25, 0.3) is 0 Å². The molecule has 3 rings (SSSR count). The first kappa shape index (κ1) is 17.4. The number of rotatable bonds is 7. The molecular weight excluding hydrogens is 339 g/mol. The zero-order valence-electron chi connectivity index (χ0n) is 13.6. The summed E-state index contributed by atoms with van der Waals surface area (Å²) in [6.45, 7) is 1.54. The lowest BCUT2D eigenvalue weighted by molar-refractivity contribution is 0.299. The zero-order valence-corrected chi connectivity index (χ0v) is 14.3. The number of hydrogen-bond acceptors (Lipinski definition) is 3. The van der Waals surface area contributed by atoms with Gasteiger partial charge in [-0.2, -0.15) is 0 Å². The van der Waals surface area contributed by atoms with E-state index in [1.165, 1.54) is 6.07 Å². The van der Waals surface area contributed by atoms with Crippen LogP contribution in [-0.2, 0) is 19.7 Å². The van der Waals surface area contributed by atoms with Gasteiger partial charge in [-0.15, -0.1) is 0 Å². The number of benzene rings is 2. The van der Waals surface area contributed by atoms with E-state index in [0.717, 1.165) is 17.7 Å². The van der Waals surface area contributed by atoms with Gasteiger partial charge in [0.1, 0.15) is 18.2 Å². The molecule has 0 saturated carbocycles. The van der Waals surface area contributed by atoms with Gasteiger partial charge < -0.3 is 10.1 Å². The molecule has 0 spiro atoms. The first-order valence-electron chi connectivity index (χ1n) is 7.96. The van der Waals surface area contributed by atoms with E-state index in [-0.39, 0.29) is 12.4 Å². The summed E-state index contributed by atoms with van der Waals surface area (Å²) < 4.78 is 19.5. The van der Waals surface area contributed by atoms with Crippen LogP contribution < -0.4 is 10.1 Å². The number of nitrogens with zero attached hydrogens (tertiary/aromatic N) is 1. The second kappa shape index (κ2) is 8.60. The summed E-state index contributed by atoms with van der Waals surface area (Å²) in [5.74, 6) is 0.321. The molecule has 0 atom stereocenters. The lowest BCUT2D eigenvalue weighted by Crippen LogP contribution is -2.12. The van der Waals surface area contributed by atoms with Crippen molar-refractivity contribution in [1.82, 2.24) is 10.3 Å². The molecule has 25 heavy (non-hydrogen) atoms. The molecule has 0 amide bonds. The average molecular weight is 357 g/mol.